The van der Waals surface area contributed by atoms with Crippen LogP contribution in [0, 0.1) is 0 Å². The van der Waals surface area contributed by atoms with E-state index in [1.54, 1.807) is 0 Å². The number of nitrogens with zero attached hydrogens (tertiary/aromatic N) is 3. The zero-order valence-corrected chi connectivity index (χ0v) is 21.0. The van der Waals surface area contributed by atoms with Crippen LogP contribution >= 0.6 is 0 Å². The van der Waals surface area contributed by atoms with Crippen molar-refractivity contribution in [3.63, 3.8) is 0 Å². The van der Waals surface area contributed by atoms with Gasteiger partial charge in [0.05, 0.1) is 11.4 Å². The van der Waals surface area contributed by atoms with Gasteiger partial charge in [-0.25, -0.2) is 0 Å². The summed E-state index contributed by atoms with van der Waals surface area (Å²) >= 11 is 0. The van der Waals surface area contributed by atoms with E-state index < -0.39 is 0 Å². The molecule has 180 valence electrons. The summed E-state index contributed by atoms with van der Waals surface area (Å²) in [5, 5.41) is 0. The van der Waals surface area contributed by atoms with Gasteiger partial charge in [0.2, 0.25) is 0 Å². The Morgan fingerprint density at radius 1 is 0.971 bits per heavy atom. The monoisotopic (exact) mass is 459 g/mol. The first-order chi connectivity index (χ1) is 16.5. The van der Waals surface area contributed by atoms with E-state index in [0.717, 1.165) is 42.3 Å². The van der Waals surface area contributed by atoms with Gasteiger partial charge in [-0.15, -0.1) is 0 Å². The Balaban J connectivity index is 1.47. The second-order valence-electron chi connectivity index (χ2n) is 10.1. The fourth-order valence-corrected chi connectivity index (χ4v) is 6.05. The van der Waals surface area contributed by atoms with Crippen LogP contribution < -0.4 is 9.64 Å². The van der Waals surface area contributed by atoms with Crippen molar-refractivity contribution in [2.24, 2.45) is 0 Å². The molecule has 3 aliphatic rings. The molecule has 3 aliphatic heterocycles. The number of piperidine rings is 1. The van der Waals surface area contributed by atoms with Crippen LogP contribution in [-0.4, -0.2) is 53.5 Å². The molecule has 0 aliphatic carbocycles. The number of benzene rings is 2. The molecule has 0 spiro atoms. The zero-order valence-electron chi connectivity index (χ0n) is 21.0. The Morgan fingerprint density at radius 3 is 2.32 bits per heavy atom. The van der Waals surface area contributed by atoms with E-state index in [4.69, 9.17) is 4.74 Å². The fraction of sp³-hybridized carbons (Fsp3) is 0.483. The number of para-hydroxylation sites is 2. The van der Waals surface area contributed by atoms with Crippen molar-refractivity contribution >= 4 is 17.3 Å². The second-order valence-corrected chi connectivity index (χ2v) is 10.1. The summed E-state index contributed by atoms with van der Waals surface area (Å²) in [5.74, 6) is 1.73. The van der Waals surface area contributed by atoms with Crippen molar-refractivity contribution in [2.45, 2.75) is 71.5 Å². The predicted octanol–water partition coefficient (Wildman–Crippen LogP) is 6.37. The maximum Gasteiger partial charge on any atom is 0.253 e. The number of carbonyl (C=O) groups excluding carboxylic acids is 1. The lowest BCUT2D eigenvalue weighted by Gasteiger charge is -2.45. The fourth-order valence-electron chi connectivity index (χ4n) is 6.05. The van der Waals surface area contributed by atoms with Gasteiger partial charge in [-0.1, -0.05) is 23.8 Å². The van der Waals surface area contributed by atoms with Crippen LogP contribution in [0.4, 0.5) is 11.4 Å². The molecule has 2 aromatic carbocycles. The molecule has 3 heterocycles. The first-order valence-electron chi connectivity index (χ1n) is 12.9. The number of amides is 1. The molecule has 5 rings (SSSR count). The topological polar surface area (TPSA) is 36.0 Å². The third-order valence-electron chi connectivity index (χ3n) is 7.80. The van der Waals surface area contributed by atoms with Gasteiger partial charge in [-0.3, -0.25) is 9.69 Å². The first kappa shape index (κ1) is 23.0. The highest BCUT2D eigenvalue weighted by molar-refractivity contribution is 5.96. The van der Waals surface area contributed by atoms with Gasteiger partial charge in [0.15, 0.2) is 11.5 Å². The normalized spacial score (nSPS) is 23.1. The quantitative estimate of drug-likeness (QED) is 0.470. The maximum absolute atomic E-state index is 13.0. The van der Waals surface area contributed by atoms with E-state index in [-0.39, 0.29) is 5.91 Å². The molecular formula is C29H37N3O2. The number of carbonyl (C=O) groups is 1. The average Bonchev–Trinajstić information content (AvgIpc) is 3.08. The molecule has 1 amide bonds. The average molecular weight is 460 g/mol. The van der Waals surface area contributed by atoms with E-state index in [0.29, 0.717) is 36.8 Å². The van der Waals surface area contributed by atoms with E-state index in [1.165, 1.54) is 18.4 Å². The molecule has 5 nitrogen and oxygen atoms in total. The van der Waals surface area contributed by atoms with E-state index in [9.17, 15) is 4.79 Å². The molecule has 0 radical (unpaired) electrons. The second kappa shape index (κ2) is 9.46. The summed E-state index contributed by atoms with van der Waals surface area (Å²) in [4.78, 5) is 20.1. The van der Waals surface area contributed by atoms with Gasteiger partial charge in [0.1, 0.15) is 0 Å². The lowest BCUT2D eigenvalue weighted by atomic mass is 9.93. The number of hydrogen-bond acceptors (Lipinski definition) is 4. The number of allylic oxidation sites excluding steroid dienone is 1. The highest BCUT2D eigenvalue weighted by atomic mass is 16.5. The molecule has 0 saturated carbocycles. The summed E-state index contributed by atoms with van der Waals surface area (Å²) in [6.07, 6.45) is 7.25. The molecule has 0 N–H and O–H groups in total. The molecule has 34 heavy (non-hydrogen) atoms. The SMILES string of the molecule is CCN(CC)C(=O)c1ccc2c(c1)Oc1ccccc1N2[C@H]1C[C@H]2CC[C@@H](C1)N2CC=C(C)C. The van der Waals surface area contributed by atoms with Crippen LogP contribution in [0.5, 0.6) is 11.5 Å². The molecule has 2 aromatic rings. The standard InChI is InChI=1S/C29H37N3O2/c1-5-30(6-2)29(33)21-11-14-26-28(17-21)34-27-10-8-7-9-25(27)32(26)24-18-22-12-13-23(19-24)31(22)16-15-20(3)4/h7-11,14-15,17,22-24H,5-6,12-13,16,18-19H2,1-4H3/t22-,23+,24+. The molecule has 5 heteroatoms. The van der Waals surface area contributed by atoms with Crippen LogP contribution in [0.1, 0.15) is 63.7 Å². The summed E-state index contributed by atoms with van der Waals surface area (Å²) in [6, 6.07) is 16.0. The van der Waals surface area contributed by atoms with Crippen LogP contribution in [0.25, 0.3) is 0 Å². The molecule has 2 saturated heterocycles. The van der Waals surface area contributed by atoms with Crippen molar-refractivity contribution in [2.75, 3.05) is 24.5 Å². The lowest BCUT2D eigenvalue weighted by molar-refractivity contribution is 0.0772. The Hall–Kier alpha value is -2.79. The Labute approximate surface area is 204 Å². The summed E-state index contributed by atoms with van der Waals surface area (Å²) in [6.45, 7) is 10.9. The highest BCUT2D eigenvalue weighted by Crippen LogP contribution is 2.51. The number of rotatable bonds is 6. The Bertz CT molecular complexity index is 1070. The van der Waals surface area contributed by atoms with Crippen molar-refractivity contribution in [1.29, 1.82) is 0 Å². The summed E-state index contributed by atoms with van der Waals surface area (Å²) in [7, 11) is 0. The molecule has 0 unspecified atom stereocenters. The van der Waals surface area contributed by atoms with Crippen LogP contribution in [0.3, 0.4) is 0 Å². The number of hydrogen-bond donors (Lipinski definition) is 0. The van der Waals surface area contributed by atoms with Gasteiger partial charge in [0.25, 0.3) is 5.91 Å². The van der Waals surface area contributed by atoms with Crippen LogP contribution in [-0.2, 0) is 0 Å². The minimum Gasteiger partial charge on any atom is -0.453 e. The van der Waals surface area contributed by atoms with Gasteiger partial charge in [-0.2, -0.15) is 0 Å². The Kier molecular flexibility index (Phi) is 6.39. The Morgan fingerprint density at radius 2 is 1.65 bits per heavy atom. The highest BCUT2D eigenvalue weighted by Gasteiger charge is 2.43. The molecular weight excluding hydrogens is 422 g/mol. The largest absolute Gasteiger partial charge is 0.453 e. The number of anilines is 2. The number of ether oxygens (including phenoxy) is 1. The third kappa shape index (κ3) is 4.11. The van der Waals surface area contributed by atoms with Crippen molar-refractivity contribution in [3.05, 3.63) is 59.7 Å². The van der Waals surface area contributed by atoms with Crippen LogP contribution in [0.2, 0.25) is 0 Å². The van der Waals surface area contributed by atoms with E-state index >= 15 is 0 Å². The number of fused-ring (bicyclic) bond motifs is 4. The lowest BCUT2D eigenvalue weighted by Crippen LogP contribution is -2.49. The van der Waals surface area contributed by atoms with Gasteiger partial charge in [0, 0.05) is 43.3 Å². The molecule has 0 aromatic heterocycles. The van der Waals surface area contributed by atoms with E-state index in [2.05, 4.69) is 47.9 Å². The predicted molar refractivity (Wildman–Crippen MR) is 138 cm³/mol. The first-order valence-corrected chi connectivity index (χ1v) is 12.9. The smallest absolute Gasteiger partial charge is 0.253 e. The zero-order chi connectivity index (χ0) is 23.8. The summed E-state index contributed by atoms with van der Waals surface area (Å²) < 4.78 is 6.36. The van der Waals surface area contributed by atoms with Gasteiger partial charge >= 0.3 is 0 Å². The van der Waals surface area contributed by atoms with Gasteiger partial charge in [-0.05, 0) is 83.7 Å². The third-order valence-corrected chi connectivity index (χ3v) is 7.80. The molecule has 2 fully saturated rings. The van der Waals surface area contributed by atoms with E-state index in [1.807, 2.05) is 43.0 Å². The minimum atomic E-state index is 0.0624. The van der Waals surface area contributed by atoms with Gasteiger partial charge < -0.3 is 14.5 Å². The van der Waals surface area contributed by atoms with Crippen molar-refractivity contribution in [3.8, 4) is 11.5 Å². The van der Waals surface area contributed by atoms with Crippen molar-refractivity contribution in [1.82, 2.24) is 9.80 Å². The summed E-state index contributed by atoms with van der Waals surface area (Å²) in [5.41, 5.74) is 4.31. The molecule has 2 bridgehead atoms. The molecule has 3 atom stereocenters. The maximum atomic E-state index is 13.0. The van der Waals surface area contributed by atoms with Crippen LogP contribution in [0.15, 0.2) is 54.1 Å². The minimum absolute atomic E-state index is 0.0624. The van der Waals surface area contributed by atoms with Crippen molar-refractivity contribution < 1.29 is 9.53 Å².